The summed E-state index contributed by atoms with van der Waals surface area (Å²) >= 11 is 1.64. The molecule has 16 heteroatoms. The number of hydrogen-bond donors (Lipinski definition) is 2. The Bertz CT molecular complexity index is 1520. The number of amidine groups is 1. The Balaban J connectivity index is 1.18. The summed E-state index contributed by atoms with van der Waals surface area (Å²) in [4.78, 5) is 45.6. The van der Waals surface area contributed by atoms with Gasteiger partial charge in [0.15, 0.2) is 11.6 Å². The maximum Gasteiger partial charge on any atom is 0.313 e. The van der Waals surface area contributed by atoms with Gasteiger partial charge in [-0.2, -0.15) is 8.78 Å². The Labute approximate surface area is 305 Å². The Morgan fingerprint density at radius 2 is 1.48 bits per heavy atom. The second kappa shape index (κ2) is 22.9. The van der Waals surface area contributed by atoms with Crippen LogP contribution in [0.3, 0.4) is 0 Å². The lowest BCUT2D eigenvalue weighted by molar-refractivity contribution is -0.136. The van der Waals surface area contributed by atoms with Crippen LogP contribution in [0.15, 0.2) is 22.7 Å². The average Bonchev–Trinajstić information content (AvgIpc) is 3.41. The van der Waals surface area contributed by atoms with Gasteiger partial charge in [0.2, 0.25) is 29.2 Å². The van der Waals surface area contributed by atoms with Crippen LogP contribution in [0.2, 0.25) is 0 Å². The van der Waals surface area contributed by atoms with E-state index in [9.17, 15) is 31.9 Å². The van der Waals surface area contributed by atoms with Crippen LogP contribution in [0.1, 0.15) is 75.0 Å². The molecule has 2 amide bonds. The van der Waals surface area contributed by atoms with E-state index in [0.29, 0.717) is 37.5 Å². The molecule has 3 rings (SSSR count). The standard InChI is InChI=1S/C36H48F4N4O7S/c1-3-12-44(13-4-2)36(47)24-20-29-28(43-30(41)21-24)22-25(52-29)8-6-5-7-11-42-31(45)9-14-48-16-18-50-19-17-49-15-10-32(46)51-35-33(39)26(37)23-27(38)34(35)40/h20,22-23H,3-19,21H2,1-2H3,(H2,41,43)(H,42,45). The number of aryl methyl sites for hydroxylation is 1. The molecule has 288 valence electrons. The quantitative estimate of drug-likeness (QED) is 0.0438. The molecule has 0 fully saturated rings. The predicted molar refractivity (Wildman–Crippen MR) is 190 cm³/mol. The van der Waals surface area contributed by atoms with Crippen molar-refractivity contribution in [2.75, 3.05) is 59.3 Å². The van der Waals surface area contributed by atoms with Crippen molar-refractivity contribution in [3.05, 3.63) is 50.7 Å². The first-order chi connectivity index (χ1) is 25.0. The molecule has 0 aliphatic carbocycles. The molecule has 2 aromatic rings. The molecule has 1 aliphatic heterocycles. The van der Waals surface area contributed by atoms with Gasteiger partial charge in [-0.1, -0.05) is 20.3 Å². The Kier molecular flexibility index (Phi) is 18.8. The zero-order valence-corrected chi connectivity index (χ0v) is 30.5. The number of carbonyl (C=O) groups excluding carboxylic acids is 3. The van der Waals surface area contributed by atoms with E-state index in [2.05, 4.69) is 35.0 Å². The number of ether oxygens (including phenoxy) is 4. The first-order valence-corrected chi connectivity index (χ1v) is 18.3. The van der Waals surface area contributed by atoms with Gasteiger partial charge in [0.05, 0.1) is 56.6 Å². The second-order valence-corrected chi connectivity index (χ2v) is 13.1. The van der Waals surface area contributed by atoms with Gasteiger partial charge in [-0.15, -0.1) is 11.3 Å². The summed E-state index contributed by atoms with van der Waals surface area (Å²) in [5, 5.41) is 2.90. The SMILES string of the molecule is CCCN(CCC)C(=O)C1=Cc2sc(CCCCCNC(=O)CCOCCOCCOCCC(=O)Oc3c(F)c(F)cc(F)c3F)cc2N=C(N)C1. The number of nitrogens with zero attached hydrogens (tertiary/aromatic N) is 2. The number of rotatable bonds is 24. The monoisotopic (exact) mass is 756 g/mol. The van der Waals surface area contributed by atoms with Crippen LogP contribution in [-0.2, 0) is 35.0 Å². The fourth-order valence-electron chi connectivity index (χ4n) is 5.14. The average molecular weight is 757 g/mol. The fourth-order valence-corrected chi connectivity index (χ4v) is 6.25. The molecule has 0 spiro atoms. The van der Waals surface area contributed by atoms with Gasteiger partial charge in [-0.3, -0.25) is 14.4 Å². The molecule has 1 aromatic carbocycles. The molecule has 0 bridgehead atoms. The molecule has 0 unspecified atom stereocenters. The third kappa shape index (κ3) is 14.3. The van der Waals surface area contributed by atoms with Crippen molar-refractivity contribution in [1.29, 1.82) is 0 Å². The number of nitrogens with two attached hydrogens (primary N) is 1. The lowest BCUT2D eigenvalue weighted by Crippen LogP contribution is -2.34. The van der Waals surface area contributed by atoms with E-state index < -0.39 is 41.4 Å². The summed E-state index contributed by atoms with van der Waals surface area (Å²) in [5.74, 6) is -9.17. The molecule has 52 heavy (non-hydrogen) atoms. The maximum absolute atomic E-state index is 13.6. The molecular weight excluding hydrogens is 708 g/mol. The normalized spacial score (nSPS) is 12.5. The van der Waals surface area contributed by atoms with Gasteiger partial charge in [-0.25, -0.2) is 13.8 Å². The molecule has 1 aromatic heterocycles. The summed E-state index contributed by atoms with van der Waals surface area (Å²) in [6.07, 6.45) is 7.50. The number of fused-ring (bicyclic) bond motifs is 1. The summed E-state index contributed by atoms with van der Waals surface area (Å²) in [6.45, 7) is 6.97. The zero-order valence-electron chi connectivity index (χ0n) is 29.7. The van der Waals surface area contributed by atoms with Crippen molar-refractivity contribution in [3.8, 4) is 5.75 Å². The van der Waals surface area contributed by atoms with Crippen molar-refractivity contribution < 1.29 is 50.9 Å². The number of esters is 1. The summed E-state index contributed by atoms with van der Waals surface area (Å²) < 4.78 is 73.8. The third-order valence-corrected chi connectivity index (χ3v) is 8.79. The molecular formula is C36H48F4N4O7S. The first-order valence-electron chi connectivity index (χ1n) is 17.5. The minimum atomic E-state index is -1.80. The highest BCUT2D eigenvalue weighted by atomic mass is 32.1. The Morgan fingerprint density at radius 3 is 2.12 bits per heavy atom. The van der Waals surface area contributed by atoms with Crippen molar-refractivity contribution in [2.45, 2.75) is 71.6 Å². The number of thiophene rings is 1. The molecule has 0 atom stereocenters. The number of halogens is 4. The van der Waals surface area contributed by atoms with Crippen LogP contribution < -0.4 is 15.8 Å². The van der Waals surface area contributed by atoms with Crippen LogP contribution in [0.5, 0.6) is 5.75 Å². The highest BCUT2D eigenvalue weighted by molar-refractivity contribution is 7.13. The van der Waals surface area contributed by atoms with E-state index in [0.717, 1.165) is 49.1 Å². The van der Waals surface area contributed by atoms with Crippen molar-refractivity contribution >= 4 is 46.7 Å². The van der Waals surface area contributed by atoms with Crippen LogP contribution in [0.25, 0.3) is 6.08 Å². The van der Waals surface area contributed by atoms with Crippen LogP contribution in [0, 0.1) is 23.3 Å². The van der Waals surface area contributed by atoms with E-state index in [4.69, 9.17) is 19.9 Å². The molecule has 0 saturated heterocycles. The number of carbonyl (C=O) groups is 3. The molecule has 1 aliphatic rings. The third-order valence-electron chi connectivity index (χ3n) is 7.66. The lowest BCUT2D eigenvalue weighted by Gasteiger charge is -2.22. The maximum atomic E-state index is 13.6. The number of unbranched alkanes of at least 4 members (excludes halogenated alkanes) is 2. The van der Waals surface area contributed by atoms with Crippen molar-refractivity contribution in [2.24, 2.45) is 10.7 Å². The van der Waals surface area contributed by atoms with Crippen molar-refractivity contribution in [1.82, 2.24) is 10.2 Å². The smallest absolute Gasteiger partial charge is 0.313 e. The van der Waals surface area contributed by atoms with Gasteiger partial charge in [0.1, 0.15) is 5.84 Å². The molecule has 11 nitrogen and oxygen atoms in total. The summed E-state index contributed by atoms with van der Waals surface area (Å²) in [5.41, 5.74) is 7.67. The van der Waals surface area contributed by atoms with Gasteiger partial charge in [0.25, 0.3) is 0 Å². The van der Waals surface area contributed by atoms with E-state index in [-0.39, 0.29) is 63.9 Å². The van der Waals surface area contributed by atoms with Crippen LogP contribution in [0.4, 0.5) is 23.2 Å². The minimum absolute atomic E-state index is 0.0138. The van der Waals surface area contributed by atoms with E-state index >= 15 is 0 Å². The number of aliphatic imine (C=N–C) groups is 1. The van der Waals surface area contributed by atoms with Gasteiger partial charge < -0.3 is 34.9 Å². The molecule has 3 N–H and O–H groups in total. The second-order valence-electron chi connectivity index (χ2n) is 12.0. The van der Waals surface area contributed by atoms with Gasteiger partial charge in [0, 0.05) is 49.0 Å². The fraction of sp³-hybridized carbons (Fsp3) is 0.556. The summed E-state index contributed by atoms with van der Waals surface area (Å²) in [6, 6.07) is 2.06. The van der Waals surface area contributed by atoms with Crippen LogP contribution >= 0.6 is 11.3 Å². The number of hydrogen-bond acceptors (Lipinski definition) is 10. The highest BCUT2D eigenvalue weighted by Crippen LogP contribution is 2.35. The van der Waals surface area contributed by atoms with E-state index in [1.54, 1.807) is 11.3 Å². The van der Waals surface area contributed by atoms with Gasteiger partial charge in [-0.05, 0) is 44.2 Å². The van der Waals surface area contributed by atoms with Gasteiger partial charge >= 0.3 is 5.97 Å². The number of amides is 2. The zero-order chi connectivity index (χ0) is 37.9. The van der Waals surface area contributed by atoms with E-state index in [1.165, 1.54) is 4.88 Å². The molecule has 0 saturated carbocycles. The largest absolute Gasteiger partial charge is 0.420 e. The van der Waals surface area contributed by atoms with Crippen LogP contribution in [-0.4, -0.2) is 87.8 Å². The predicted octanol–water partition coefficient (Wildman–Crippen LogP) is 5.99. The number of benzene rings is 1. The summed E-state index contributed by atoms with van der Waals surface area (Å²) in [7, 11) is 0. The Morgan fingerprint density at radius 1 is 0.865 bits per heavy atom. The first kappa shape index (κ1) is 42.6. The topological polar surface area (TPSA) is 142 Å². The molecule has 0 radical (unpaired) electrons. The highest BCUT2D eigenvalue weighted by Gasteiger charge is 2.24. The Hall–Kier alpha value is -3.86. The minimum Gasteiger partial charge on any atom is -0.420 e. The molecule has 2 heterocycles. The van der Waals surface area contributed by atoms with Crippen molar-refractivity contribution in [3.63, 3.8) is 0 Å². The number of nitrogens with one attached hydrogen (secondary N) is 1. The van der Waals surface area contributed by atoms with E-state index in [1.807, 2.05) is 11.0 Å². The lowest BCUT2D eigenvalue weighted by atomic mass is 10.1.